The summed E-state index contributed by atoms with van der Waals surface area (Å²) in [6.07, 6.45) is -3.65. The van der Waals surface area contributed by atoms with Crippen molar-refractivity contribution in [3.05, 3.63) is 107 Å². The highest BCUT2D eigenvalue weighted by atomic mass is 79.9. The second kappa shape index (κ2) is 13.4. The van der Waals surface area contributed by atoms with Gasteiger partial charge in [-0.25, -0.2) is 0 Å². The van der Waals surface area contributed by atoms with E-state index in [-0.39, 0.29) is 31.6 Å². The molecule has 37 heavy (non-hydrogen) atoms. The third kappa shape index (κ3) is 8.18. The van der Waals surface area contributed by atoms with Crippen molar-refractivity contribution < 1.29 is 32.2 Å². The van der Waals surface area contributed by atoms with E-state index in [1.807, 2.05) is 12.1 Å². The molecule has 3 aromatic rings. The van der Waals surface area contributed by atoms with Gasteiger partial charge in [-0.15, -0.1) is 0 Å². The van der Waals surface area contributed by atoms with Crippen molar-refractivity contribution in [3.63, 3.8) is 0 Å². The molecule has 4 nitrogen and oxygen atoms in total. The zero-order valence-corrected chi connectivity index (χ0v) is 21.8. The van der Waals surface area contributed by atoms with Gasteiger partial charge in [0, 0.05) is 5.33 Å². The number of carbonyl (C=O) groups excluding carboxylic acids is 2. The first-order chi connectivity index (χ1) is 17.7. The van der Waals surface area contributed by atoms with Crippen LogP contribution >= 0.6 is 15.9 Å². The first-order valence-corrected chi connectivity index (χ1v) is 13.0. The molecule has 0 aliphatic heterocycles. The van der Waals surface area contributed by atoms with Crippen LogP contribution in [0.5, 0.6) is 0 Å². The number of hydrogen-bond acceptors (Lipinski definition) is 4. The standard InChI is InChI=1S/C29H28BrF3O4/c30-17-8-7-16-28(26(34)36-20-22-10-3-1-4-11-22,27(35)37-21-23-12-5-2-6-13-23)19-24-14-9-15-25(18-24)29(31,32)33/h1-6,9-15,18H,7-8,16-17,19-21H2. The summed E-state index contributed by atoms with van der Waals surface area (Å²) in [6.45, 7) is -0.150. The maximum atomic E-state index is 13.6. The van der Waals surface area contributed by atoms with Gasteiger partial charge in [-0.3, -0.25) is 9.59 Å². The van der Waals surface area contributed by atoms with E-state index in [2.05, 4.69) is 15.9 Å². The van der Waals surface area contributed by atoms with E-state index in [0.717, 1.165) is 23.3 Å². The van der Waals surface area contributed by atoms with Gasteiger partial charge in [0.05, 0.1) is 5.56 Å². The lowest BCUT2D eigenvalue weighted by molar-refractivity contribution is -0.175. The summed E-state index contributed by atoms with van der Waals surface area (Å²) < 4.78 is 51.4. The van der Waals surface area contributed by atoms with Crippen LogP contribution in [-0.4, -0.2) is 17.3 Å². The Labute approximate surface area is 222 Å². The van der Waals surface area contributed by atoms with E-state index in [1.54, 1.807) is 48.5 Å². The molecule has 0 aliphatic carbocycles. The van der Waals surface area contributed by atoms with Crippen LogP contribution in [-0.2, 0) is 44.9 Å². The van der Waals surface area contributed by atoms with Crippen LogP contribution in [0.2, 0.25) is 0 Å². The Morgan fingerprint density at radius 1 is 0.703 bits per heavy atom. The number of unbranched alkanes of at least 4 members (excludes halogenated alkanes) is 1. The van der Waals surface area contributed by atoms with E-state index in [0.29, 0.717) is 18.2 Å². The molecule has 0 saturated heterocycles. The smallest absolute Gasteiger partial charge is 0.416 e. The average molecular weight is 577 g/mol. The maximum Gasteiger partial charge on any atom is 0.416 e. The number of ether oxygens (including phenoxy) is 2. The van der Waals surface area contributed by atoms with Crippen LogP contribution in [0, 0.1) is 5.41 Å². The third-order valence-electron chi connectivity index (χ3n) is 5.95. The van der Waals surface area contributed by atoms with E-state index in [4.69, 9.17) is 9.47 Å². The van der Waals surface area contributed by atoms with E-state index >= 15 is 0 Å². The van der Waals surface area contributed by atoms with Gasteiger partial charge < -0.3 is 9.47 Å². The quantitative estimate of drug-likeness (QED) is 0.0983. The van der Waals surface area contributed by atoms with Crippen molar-refractivity contribution >= 4 is 27.9 Å². The molecule has 0 saturated carbocycles. The first kappa shape index (κ1) is 28.4. The summed E-state index contributed by atoms with van der Waals surface area (Å²) in [5, 5.41) is 0.644. The first-order valence-electron chi connectivity index (χ1n) is 11.9. The van der Waals surface area contributed by atoms with Crippen molar-refractivity contribution in [2.45, 2.75) is 45.1 Å². The number of halogens is 4. The van der Waals surface area contributed by atoms with Gasteiger partial charge in [0.1, 0.15) is 13.2 Å². The lowest BCUT2D eigenvalue weighted by Gasteiger charge is -2.30. The van der Waals surface area contributed by atoms with Crippen LogP contribution in [0.3, 0.4) is 0 Å². The molecule has 0 radical (unpaired) electrons. The molecule has 0 bridgehead atoms. The van der Waals surface area contributed by atoms with Gasteiger partial charge in [0.2, 0.25) is 0 Å². The highest BCUT2D eigenvalue weighted by Gasteiger charge is 2.49. The number of hydrogen-bond donors (Lipinski definition) is 0. The minimum absolute atomic E-state index is 0.0656. The minimum Gasteiger partial charge on any atom is -0.460 e. The largest absolute Gasteiger partial charge is 0.460 e. The molecule has 0 atom stereocenters. The molecule has 0 fully saturated rings. The normalized spacial score (nSPS) is 11.7. The predicted molar refractivity (Wildman–Crippen MR) is 138 cm³/mol. The number of alkyl halides is 4. The maximum absolute atomic E-state index is 13.6. The van der Waals surface area contributed by atoms with Crippen LogP contribution in [0.25, 0.3) is 0 Å². The Kier molecular flexibility index (Phi) is 10.3. The molecule has 0 amide bonds. The van der Waals surface area contributed by atoms with Gasteiger partial charge in [-0.05, 0) is 42.0 Å². The van der Waals surface area contributed by atoms with Gasteiger partial charge in [0.25, 0.3) is 0 Å². The zero-order valence-electron chi connectivity index (χ0n) is 20.2. The average Bonchev–Trinajstić information content (AvgIpc) is 2.90. The SMILES string of the molecule is O=C(OCc1ccccc1)C(CCCCBr)(Cc1cccc(C(F)(F)F)c1)C(=O)OCc1ccccc1. The van der Waals surface area contributed by atoms with Crippen LogP contribution < -0.4 is 0 Å². The summed E-state index contributed by atoms with van der Waals surface area (Å²) in [7, 11) is 0. The summed E-state index contributed by atoms with van der Waals surface area (Å²) in [5.74, 6) is -1.64. The topological polar surface area (TPSA) is 52.6 Å². The number of carbonyl (C=O) groups is 2. The molecule has 0 spiro atoms. The van der Waals surface area contributed by atoms with E-state index in [9.17, 15) is 22.8 Å². The summed E-state index contributed by atoms with van der Waals surface area (Å²) in [6, 6.07) is 22.6. The van der Waals surface area contributed by atoms with Gasteiger partial charge >= 0.3 is 18.1 Å². The Morgan fingerprint density at radius 3 is 1.70 bits per heavy atom. The molecule has 3 aromatic carbocycles. The number of benzene rings is 3. The lowest BCUT2D eigenvalue weighted by Crippen LogP contribution is -2.44. The molecule has 0 heterocycles. The fourth-order valence-corrected chi connectivity index (χ4v) is 4.37. The van der Waals surface area contributed by atoms with Crippen molar-refractivity contribution in [1.82, 2.24) is 0 Å². The zero-order chi connectivity index (χ0) is 26.7. The molecule has 0 aliphatic rings. The van der Waals surface area contributed by atoms with E-state index in [1.165, 1.54) is 12.1 Å². The Hall–Kier alpha value is -3.13. The minimum atomic E-state index is -4.56. The van der Waals surface area contributed by atoms with Crippen molar-refractivity contribution in [3.8, 4) is 0 Å². The van der Waals surface area contributed by atoms with Gasteiger partial charge in [0.15, 0.2) is 5.41 Å². The molecular formula is C29H28BrF3O4. The van der Waals surface area contributed by atoms with Gasteiger partial charge in [-0.2, -0.15) is 13.2 Å². The van der Waals surface area contributed by atoms with E-state index < -0.39 is 29.1 Å². The second-order valence-corrected chi connectivity index (χ2v) is 9.52. The molecule has 0 N–H and O–H groups in total. The fraction of sp³-hybridized carbons (Fsp3) is 0.310. The summed E-state index contributed by atoms with van der Waals surface area (Å²) in [5.41, 5.74) is -1.02. The monoisotopic (exact) mass is 576 g/mol. The van der Waals surface area contributed by atoms with Crippen LogP contribution in [0.1, 0.15) is 41.5 Å². The summed E-state index contributed by atoms with van der Waals surface area (Å²) in [4.78, 5) is 27.2. The number of esters is 2. The molecule has 8 heteroatoms. The van der Waals surface area contributed by atoms with Crippen molar-refractivity contribution in [2.24, 2.45) is 5.41 Å². The molecular weight excluding hydrogens is 549 g/mol. The number of rotatable bonds is 12. The fourth-order valence-electron chi connectivity index (χ4n) is 3.97. The highest BCUT2D eigenvalue weighted by Crippen LogP contribution is 2.36. The molecule has 0 aromatic heterocycles. The Balaban J connectivity index is 1.95. The molecule has 196 valence electrons. The second-order valence-electron chi connectivity index (χ2n) is 8.73. The molecule has 0 unspecified atom stereocenters. The van der Waals surface area contributed by atoms with Crippen molar-refractivity contribution in [2.75, 3.05) is 5.33 Å². The lowest BCUT2D eigenvalue weighted by atomic mass is 9.77. The Morgan fingerprint density at radius 2 is 1.22 bits per heavy atom. The summed E-state index contributed by atoms with van der Waals surface area (Å²) >= 11 is 3.35. The van der Waals surface area contributed by atoms with Gasteiger partial charge in [-0.1, -0.05) is 101 Å². The molecule has 3 rings (SSSR count). The van der Waals surface area contributed by atoms with Crippen molar-refractivity contribution in [1.29, 1.82) is 0 Å². The van der Waals surface area contributed by atoms with Crippen LogP contribution in [0.15, 0.2) is 84.9 Å². The Bertz CT molecular complexity index is 1100. The highest BCUT2D eigenvalue weighted by molar-refractivity contribution is 9.09. The third-order valence-corrected chi connectivity index (χ3v) is 6.52. The predicted octanol–water partition coefficient (Wildman–Crippen LogP) is 7.29. The van der Waals surface area contributed by atoms with Crippen LogP contribution in [0.4, 0.5) is 13.2 Å².